The molecule has 0 aromatic carbocycles. The standard InChI is InChI=1S/C10H16N4OS.ClH/c1-7-5-8(2)14-10(13-7)16-6-9(15)12-4-3-11;/h5H,3-4,6,11H2,1-2H3,(H,12,15);1H. The Morgan fingerprint density at radius 3 is 2.53 bits per heavy atom. The van der Waals surface area contributed by atoms with Crippen molar-refractivity contribution < 1.29 is 4.79 Å². The van der Waals surface area contributed by atoms with Crippen molar-refractivity contribution in [3.05, 3.63) is 17.5 Å². The molecule has 0 saturated carbocycles. The van der Waals surface area contributed by atoms with Gasteiger partial charge in [0, 0.05) is 24.5 Å². The third kappa shape index (κ3) is 6.45. The maximum Gasteiger partial charge on any atom is 0.230 e. The van der Waals surface area contributed by atoms with Crippen molar-refractivity contribution in [1.82, 2.24) is 15.3 Å². The van der Waals surface area contributed by atoms with Crippen LogP contribution in [0.15, 0.2) is 11.2 Å². The Morgan fingerprint density at radius 1 is 1.41 bits per heavy atom. The SMILES string of the molecule is Cc1cc(C)nc(SCC(=O)NCCN)n1.Cl. The van der Waals surface area contributed by atoms with E-state index in [1.165, 1.54) is 11.8 Å². The predicted molar refractivity (Wildman–Crippen MR) is 71.5 cm³/mol. The number of carbonyl (C=O) groups excluding carboxylic acids is 1. The second-order valence-electron chi connectivity index (χ2n) is 3.36. The van der Waals surface area contributed by atoms with Gasteiger partial charge in [-0.1, -0.05) is 11.8 Å². The van der Waals surface area contributed by atoms with Crippen molar-refractivity contribution in [3.8, 4) is 0 Å². The highest BCUT2D eigenvalue weighted by Crippen LogP contribution is 2.13. The average Bonchev–Trinajstić information content (AvgIpc) is 2.22. The number of nitrogens with two attached hydrogens (primary N) is 1. The van der Waals surface area contributed by atoms with E-state index >= 15 is 0 Å². The molecule has 0 fully saturated rings. The summed E-state index contributed by atoms with van der Waals surface area (Å²) in [5.74, 6) is 0.279. The Kier molecular flexibility index (Phi) is 7.86. The molecule has 7 heteroatoms. The molecule has 1 amide bonds. The van der Waals surface area contributed by atoms with Gasteiger partial charge < -0.3 is 11.1 Å². The van der Waals surface area contributed by atoms with E-state index in [1.807, 2.05) is 19.9 Å². The molecule has 96 valence electrons. The van der Waals surface area contributed by atoms with Crippen LogP contribution < -0.4 is 11.1 Å². The number of halogens is 1. The molecular weight excluding hydrogens is 260 g/mol. The van der Waals surface area contributed by atoms with Crippen LogP contribution in [0.3, 0.4) is 0 Å². The molecule has 0 aliphatic heterocycles. The largest absolute Gasteiger partial charge is 0.354 e. The van der Waals surface area contributed by atoms with Gasteiger partial charge in [-0.3, -0.25) is 4.79 Å². The number of amides is 1. The van der Waals surface area contributed by atoms with Crippen molar-refractivity contribution in [3.63, 3.8) is 0 Å². The fraction of sp³-hybridized carbons (Fsp3) is 0.500. The van der Waals surface area contributed by atoms with E-state index in [1.54, 1.807) is 0 Å². The van der Waals surface area contributed by atoms with Gasteiger partial charge in [0.15, 0.2) is 5.16 Å². The summed E-state index contributed by atoms with van der Waals surface area (Å²) >= 11 is 1.33. The summed E-state index contributed by atoms with van der Waals surface area (Å²) in [4.78, 5) is 19.8. The lowest BCUT2D eigenvalue weighted by Crippen LogP contribution is -2.30. The highest BCUT2D eigenvalue weighted by atomic mass is 35.5. The zero-order valence-electron chi connectivity index (χ0n) is 9.90. The second-order valence-corrected chi connectivity index (χ2v) is 4.30. The van der Waals surface area contributed by atoms with Gasteiger partial charge in [0.05, 0.1) is 5.75 Å². The highest BCUT2D eigenvalue weighted by Gasteiger charge is 2.04. The van der Waals surface area contributed by atoms with Crippen molar-refractivity contribution >= 4 is 30.1 Å². The van der Waals surface area contributed by atoms with E-state index in [4.69, 9.17) is 5.73 Å². The minimum absolute atomic E-state index is 0. The number of rotatable bonds is 5. The smallest absolute Gasteiger partial charge is 0.230 e. The topological polar surface area (TPSA) is 80.9 Å². The third-order valence-electron chi connectivity index (χ3n) is 1.76. The molecule has 3 N–H and O–H groups in total. The summed E-state index contributed by atoms with van der Waals surface area (Å²) in [6, 6.07) is 1.90. The molecule has 0 spiro atoms. The summed E-state index contributed by atoms with van der Waals surface area (Å²) in [5.41, 5.74) is 7.11. The first-order chi connectivity index (χ1) is 7.61. The molecule has 1 aromatic heterocycles. The van der Waals surface area contributed by atoms with Gasteiger partial charge >= 0.3 is 0 Å². The quantitative estimate of drug-likeness (QED) is 0.611. The van der Waals surface area contributed by atoms with Crippen LogP contribution in [-0.2, 0) is 4.79 Å². The number of aryl methyl sites for hydroxylation is 2. The van der Waals surface area contributed by atoms with Gasteiger partial charge in [0.1, 0.15) is 0 Å². The minimum atomic E-state index is -0.0433. The molecule has 0 radical (unpaired) electrons. The van der Waals surface area contributed by atoms with Crippen LogP contribution >= 0.6 is 24.2 Å². The molecule has 0 aliphatic rings. The molecule has 0 bridgehead atoms. The van der Waals surface area contributed by atoms with Gasteiger partial charge in [0.2, 0.25) is 5.91 Å². The number of aromatic nitrogens is 2. The van der Waals surface area contributed by atoms with Crippen LogP contribution in [0, 0.1) is 13.8 Å². The van der Waals surface area contributed by atoms with Crippen LogP contribution in [-0.4, -0.2) is 34.7 Å². The van der Waals surface area contributed by atoms with Crippen LogP contribution in [0.1, 0.15) is 11.4 Å². The Bertz CT molecular complexity index is 355. The van der Waals surface area contributed by atoms with Gasteiger partial charge in [-0.2, -0.15) is 0 Å². The van der Waals surface area contributed by atoms with E-state index in [0.29, 0.717) is 24.0 Å². The zero-order chi connectivity index (χ0) is 12.0. The number of nitrogens with zero attached hydrogens (tertiary/aromatic N) is 2. The lowest BCUT2D eigenvalue weighted by atomic mass is 10.4. The first-order valence-electron chi connectivity index (χ1n) is 5.03. The van der Waals surface area contributed by atoms with Crippen LogP contribution in [0.25, 0.3) is 0 Å². The summed E-state index contributed by atoms with van der Waals surface area (Å²) in [6.45, 7) is 4.78. The second kappa shape index (κ2) is 8.27. The molecule has 0 saturated heterocycles. The fourth-order valence-electron chi connectivity index (χ4n) is 1.15. The van der Waals surface area contributed by atoms with Crippen molar-refractivity contribution in [2.75, 3.05) is 18.8 Å². The summed E-state index contributed by atoms with van der Waals surface area (Å²) < 4.78 is 0. The lowest BCUT2D eigenvalue weighted by molar-refractivity contribution is -0.118. The fourth-order valence-corrected chi connectivity index (χ4v) is 1.93. The lowest BCUT2D eigenvalue weighted by Gasteiger charge is -2.03. The molecule has 1 rings (SSSR count). The highest BCUT2D eigenvalue weighted by molar-refractivity contribution is 7.99. The van der Waals surface area contributed by atoms with Crippen molar-refractivity contribution in [2.24, 2.45) is 5.73 Å². The van der Waals surface area contributed by atoms with E-state index in [0.717, 1.165) is 11.4 Å². The third-order valence-corrected chi connectivity index (χ3v) is 2.61. The monoisotopic (exact) mass is 276 g/mol. The Balaban J connectivity index is 0.00000256. The minimum Gasteiger partial charge on any atom is -0.354 e. The summed E-state index contributed by atoms with van der Waals surface area (Å²) in [7, 11) is 0. The van der Waals surface area contributed by atoms with Gasteiger partial charge in [0.25, 0.3) is 0 Å². The van der Waals surface area contributed by atoms with Gasteiger partial charge in [-0.05, 0) is 19.9 Å². The molecule has 0 aliphatic carbocycles. The molecule has 0 atom stereocenters. The Hall–Kier alpha value is -0.850. The van der Waals surface area contributed by atoms with Crippen LogP contribution in [0.5, 0.6) is 0 Å². The molecule has 5 nitrogen and oxygen atoms in total. The maximum absolute atomic E-state index is 11.3. The van der Waals surface area contributed by atoms with Crippen LogP contribution in [0.4, 0.5) is 0 Å². The maximum atomic E-state index is 11.3. The molecule has 1 heterocycles. The molecule has 1 aromatic rings. The van der Waals surface area contributed by atoms with E-state index in [2.05, 4.69) is 15.3 Å². The van der Waals surface area contributed by atoms with E-state index in [9.17, 15) is 4.79 Å². The molecule has 17 heavy (non-hydrogen) atoms. The number of carbonyl (C=O) groups is 1. The first kappa shape index (κ1) is 16.1. The Labute approximate surface area is 111 Å². The summed E-state index contributed by atoms with van der Waals surface area (Å²) in [6.07, 6.45) is 0. The predicted octanol–water partition coefficient (Wildman–Crippen LogP) is 0.682. The number of hydrogen-bond donors (Lipinski definition) is 2. The first-order valence-corrected chi connectivity index (χ1v) is 6.02. The van der Waals surface area contributed by atoms with Crippen LogP contribution in [0.2, 0.25) is 0 Å². The zero-order valence-corrected chi connectivity index (χ0v) is 11.5. The molecular formula is C10H17ClN4OS. The van der Waals surface area contributed by atoms with E-state index in [-0.39, 0.29) is 18.3 Å². The van der Waals surface area contributed by atoms with Gasteiger partial charge in [-0.25, -0.2) is 9.97 Å². The Morgan fingerprint density at radius 2 is 2.00 bits per heavy atom. The van der Waals surface area contributed by atoms with Gasteiger partial charge in [-0.15, -0.1) is 12.4 Å². The van der Waals surface area contributed by atoms with E-state index < -0.39 is 0 Å². The molecule has 0 unspecified atom stereocenters. The number of thioether (sulfide) groups is 1. The van der Waals surface area contributed by atoms with Crippen molar-refractivity contribution in [2.45, 2.75) is 19.0 Å². The number of hydrogen-bond acceptors (Lipinski definition) is 5. The van der Waals surface area contributed by atoms with Crippen molar-refractivity contribution in [1.29, 1.82) is 0 Å². The number of nitrogens with one attached hydrogen (secondary N) is 1. The average molecular weight is 277 g/mol. The summed E-state index contributed by atoms with van der Waals surface area (Å²) in [5, 5.41) is 3.33. The normalized spacial score (nSPS) is 9.59.